The third-order valence-electron chi connectivity index (χ3n) is 5.86. The molecule has 0 unspecified atom stereocenters. The number of ether oxygens (including phenoxy) is 1. The Labute approximate surface area is 179 Å². The Morgan fingerprint density at radius 1 is 1.13 bits per heavy atom. The largest absolute Gasteiger partial charge is 0.457 e. The molecule has 1 aliphatic heterocycles. The minimum Gasteiger partial charge on any atom is -0.457 e. The standard InChI is InChI=1S/C23H38O7/c1-2-3-6-9-17(26)12-13-20-19(21-14-22(20)30-29-21)10-7-4-5-8-11-23(27)28-18(15-24)16-25/h4,7,12-13,17-22,24-26H,2-3,5-6,8-11,14-16H2,1H3/b7-4-,13-12+/t17-,19+,20+,21-,22+/m0/s1. The van der Waals surface area contributed by atoms with Crippen molar-refractivity contribution in [2.24, 2.45) is 11.8 Å². The van der Waals surface area contributed by atoms with Crippen molar-refractivity contribution in [3.63, 3.8) is 0 Å². The Bertz CT molecular complexity index is 544. The van der Waals surface area contributed by atoms with Crippen LogP contribution in [0.4, 0.5) is 0 Å². The van der Waals surface area contributed by atoms with Crippen LogP contribution in [0.2, 0.25) is 0 Å². The highest BCUT2D eigenvalue weighted by molar-refractivity contribution is 5.69. The second-order valence-corrected chi connectivity index (χ2v) is 8.27. The summed E-state index contributed by atoms with van der Waals surface area (Å²) in [6, 6.07) is 0. The van der Waals surface area contributed by atoms with Crippen LogP contribution in [0.3, 0.4) is 0 Å². The number of carbonyl (C=O) groups is 1. The maximum Gasteiger partial charge on any atom is 0.306 e. The molecule has 2 rings (SSSR count). The van der Waals surface area contributed by atoms with E-state index in [1.807, 2.05) is 6.08 Å². The van der Waals surface area contributed by atoms with Gasteiger partial charge in [0.15, 0.2) is 0 Å². The zero-order chi connectivity index (χ0) is 21.8. The summed E-state index contributed by atoms with van der Waals surface area (Å²) in [5, 5.41) is 28.0. The molecule has 0 aromatic rings. The predicted octanol–water partition coefficient (Wildman–Crippen LogP) is 2.83. The Morgan fingerprint density at radius 2 is 1.90 bits per heavy atom. The Balaban J connectivity index is 1.70. The molecule has 2 bridgehead atoms. The van der Waals surface area contributed by atoms with Crippen LogP contribution in [-0.2, 0) is 19.3 Å². The van der Waals surface area contributed by atoms with Crippen molar-refractivity contribution < 1.29 is 34.6 Å². The molecule has 2 aliphatic rings. The molecule has 1 saturated carbocycles. The molecule has 0 amide bonds. The van der Waals surface area contributed by atoms with Gasteiger partial charge in [-0.15, -0.1) is 0 Å². The van der Waals surface area contributed by atoms with Crippen LogP contribution >= 0.6 is 0 Å². The number of aliphatic hydroxyl groups is 3. The maximum absolute atomic E-state index is 11.6. The number of esters is 1. The lowest BCUT2D eigenvalue weighted by Gasteiger charge is -2.27. The Hall–Kier alpha value is -1.25. The highest BCUT2D eigenvalue weighted by Crippen LogP contribution is 2.44. The van der Waals surface area contributed by atoms with E-state index in [1.54, 1.807) is 0 Å². The van der Waals surface area contributed by atoms with Gasteiger partial charge in [0.25, 0.3) is 0 Å². The average molecular weight is 427 g/mol. The zero-order valence-electron chi connectivity index (χ0n) is 18.0. The number of rotatable bonds is 15. The second-order valence-electron chi connectivity index (χ2n) is 8.27. The minimum atomic E-state index is -0.830. The minimum absolute atomic E-state index is 0.0632. The molecule has 1 aliphatic carbocycles. The van der Waals surface area contributed by atoms with E-state index in [2.05, 4.69) is 25.2 Å². The lowest BCUT2D eigenvalue weighted by Crippen LogP contribution is -2.28. The van der Waals surface area contributed by atoms with Gasteiger partial charge >= 0.3 is 5.97 Å². The molecule has 1 heterocycles. The molecule has 172 valence electrons. The molecule has 7 heteroatoms. The van der Waals surface area contributed by atoms with Crippen molar-refractivity contribution in [3.05, 3.63) is 24.3 Å². The van der Waals surface area contributed by atoms with Crippen LogP contribution < -0.4 is 0 Å². The number of aliphatic hydroxyl groups excluding tert-OH is 3. The van der Waals surface area contributed by atoms with Crippen LogP contribution in [0.15, 0.2) is 24.3 Å². The lowest BCUT2D eigenvalue weighted by atomic mass is 9.89. The lowest BCUT2D eigenvalue weighted by molar-refractivity contribution is -0.336. The Kier molecular flexibility index (Phi) is 11.6. The highest BCUT2D eigenvalue weighted by Gasteiger charge is 2.49. The van der Waals surface area contributed by atoms with Crippen molar-refractivity contribution in [1.82, 2.24) is 0 Å². The smallest absolute Gasteiger partial charge is 0.306 e. The van der Waals surface area contributed by atoms with Gasteiger partial charge in [-0.2, -0.15) is 0 Å². The molecular weight excluding hydrogens is 388 g/mol. The molecule has 3 N–H and O–H groups in total. The number of hydrogen-bond acceptors (Lipinski definition) is 7. The maximum atomic E-state index is 11.6. The van der Waals surface area contributed by atoms with E-state index in [1.165, 1.54) is 0 Å². The van der Waals surface area contributed by atoms with E-state index in [9.17, 15) is 9.90 Å². The topological polar surface area (TPSA) is 105 Å². The van der Waals surface area contributed by atoms with Gasteiger partial charge in [-0.25, -0.2) is 9.78 Å². The summed E-state index contributed by atoms with van der Waals surface area (Å²) in [4.78, 5) is 22.4. The van der Waals surface area contributed by atoms with Gasteiger partial charge in [0.1, 0.15) is 12.2 Å². The van der Waals surface area contributed by atoms with Gasteiger partial charge in [-0.1, -0.05) is 50.5 Å². The van der Waals surface area contributed by atoms with Crippen LogP contribution in [0.1, 0.15) is 64.7 Å². The fourth-order valence-electron chi connectivity index (χ4n) is 4.09. The van der Waals surface area contributed by atoms with Crippen LogP contribution in [-0.4, -0.2) is 58.9 Å². The quantitative estimate of drug-likeness (QED) is 0.160. The summed E-state index contributed by atoms with van der Waals surface area (Å²) in [6.07, 6.45) is 14.7. The first kappa shape index (κ1) is 25.0. The molecule has 0 radical (unpaired) electrons. The first-order valence-corrected chi connectivity index (χ1v) is 11.3. The van der Waals surface area contributed by atoms with Crippen molar-refractivity contribution in [3.8, 4) is 0 Å². The van der Waals surface area contributed by atoms with Crippen LogP contribution in [0, 0.1) is 11.8 Å². The van der Waals surface area contributed by atoms with E-state index < -0.39 is 18.2 Å². The second kappa shape index (κ2) is 13.9. The Morgan fingerprint density at radius 3 is 2.63 bits per heavy atom. The first-order valence-electron chi connectivity index (χ1n) is 11.3. The van der Waals surface area contributed by atoms with E-state index in [0.29, 0.717) is 12.3 Å². The van der Waals surface area contributed by atoms with Gasteiger partial charge in [-0.3, -0.25) is 4.79 Å². The number of allylic oxidation sites excluding steroid dienone is 2. The molecule has 30 heavy (non-hydrogen) atoms. The van der Waals surface area contributed by atoms with E-state index in [4.69, 9.17) is 24.7 Å². The fraction of sp³-hybridized carbons (Fsp3) is 0.783. The molecule has 0 spiro atoms. The first-order chi connectivity index (χ1) is 14.6. The summed E-state index contributed by atoms with van der Waals surface area (Å²) < 4.78 is 4.94. The summed E-state index contributed by atoms with van der Waals surface area (Å²) in [7, 11) is 0. The molecule has 7 nitrogen and oxygen atoms in total. The highest BCUT2D eigenvalue weighted by atomic mass is 17.2. The SMILES string of the molecule is CCCCC[C@H](O)/C=C/[C@@H]1[C@@H](C/C=C\CCCC(=O)OC(CO)CO)[C@@H]2C[C@H]1OO2. The van der Waals surface area contributed by atoms with E-state index >= 15 is 0 Å². The van der Waals surface area contributed by atoms with E-state index in [0.717, 1.165) is 44.9 Å². The molecule has 0 aromatic heterocycles. The monoisotopic (exact) mass is 426 g/mol. The van der Waals surface area contributed by atoms with Crippen LogP contribution in [0.5, 0.6) is 0 Å². The van der Waals surface area contributed by atoms with Gasteiger partial charge in [-0.05, 0) is 25.7 Å². The molecular formula is C23H38O7. The van der Waals surface area contributed by atoms with Gasteiger partial charge < -0.3 is 20.1 Å². The van der Waals surface area contributed by atoms with Gasteiger partial charge in [0.05, 0.1) is 25.4 Å². The van der Waals surface area contributed by atoms with Gasteiger partial charge in [0.2, 0.25) is 0 Å². The molecule has 2 fully saturated rings. The number of fused-ring (bicyclic) bond motifs is 2. The molecule has 1 saturated heterocycles. The third kappa shape index (κ3) is 8.12. The van der Waals surface area contributed by atoms with Gasteiger partial charge in [0, 0.05) is 24.7 Å². The summed E-state index contributed by atoms with van der Waals surface area (Å²) >= 11 is 0. The zero-order valence-corrected chi connectivity index (χ0v) is 18.0. The predicted molar refractivity (Wildman–Crippen MR) is 112 cm³/mol. The summed E-state index contributed by atoms with van der Waals surface area (Å²) in [5.41, 5.74) is 0. The third-order valence-corrected chi connectivity index (χ3v) is 5.86. The van der Waals surface area contributed by atoms with Crippen molar-refractivity contribution >= 4 is 5.97 Å². The number of hydrogen-bond donors (Lipinski definition) is 3. The average Bonchev–Trinajstić information content (AvgIpc) is 3.35. The molecule has 0 aromatic carbocycles. The van der Waals surface area contributed by atoms with Crippen molar-refractivity contribution in [2.45, 2.75) is 89.1 Å². The fourth-order valence-corrected chi connectivity index (χ4v) is 4.09. The number of carbonyl (C=O) groups excluding carboxylic acids is 1. The summed E-state index contributed by atoms with van der Waals surface area (Å²) in [5.74, 6) is 0.176. The summed E-state index contributed by atoms with van der Waals surface area (Å²) in [6.45, 7) is 1.41. The van der Waals surface area contributed by atoms with Crippen molar-refractivity contribution in [2.75, 3.05) is 13.2 Å². The number of unbranched alkanes of at least 4 members (excludes halogenated alkanes) is 3. The van der Waals surface area contributed by atoms with E-state index in [-0.39, 0.29) is 37.8 Å². The van der Waals surface area contributed by atoms with Crippen molar-refractivity contribution in [1.29, 1.82) is 0 Å². The normalized spacial score (nSPS) is 27.0. The molecule has 5 atom stereocenters. The van der Waals surface area contributed by atoms with Crippen LogP contribution in [0.25, 0.3) is 0 Å².